The Labute approximate surface area is 127 Å². The van der Waals surface area contributed by atoms with Crippen molar-refractivity contribution in [3.05, 3.63) is 23.8 Å². The Bertz CT molecular complexity index is 467. The van der Waals surface area contributed by atoms with Gasteiger partial charge in [-0.2, -0.15) is 0 Å². The van der Waals surface area contributed by atoms with Crippen LogP contribution in [-0.2, 0) is 5.41 Å². The lowest BCUT2D eigenvalue weighted by molar-refractivity contribution is 0.0578. The molecule has 21 heavy (non-hydrogen) atoms. The molecule has 1 N–H and O–H groups in total. The van der Waals surface area contributed by atoms with Crippen LogP contribution in [0.3, 0.4) is 0 Å². The lowest BCUT2D eigenvalue weighted by Crippen LogP contribution is -2.43. The van der Waals surface area contributed by atoms with Gasteiger partial charge in [0.1, 0.15) is 0 Å². The number of aliphatic hydroxyl groups is 1. The number of methoxy groups -OCH3 is 2. The fourth-order valence-corrected chi connectivity index (χ4v) is 3.49. The summed E-state index contributed by atoms with van der Waals surface area (Å²) >= 11 is 0. The largest absolute Gasteiger partial charge is 0.493 e. The first-order valence-corrected chi connectivity index (χ1v) is 7.59. The van der Waals surface area contributed by atoms with Gasteiger partial charge in [0.15, 0.2) is 11.5 Å². The summed E-state index contributed by atoms with van der Waals surface area (Å²) in [5.74, 6) is 1.47. The zero-order valence-electron chi connectivity index (χ0n) is 13.6. The Balaban J connectivity index is 2.38. The van der Waals surface area contributed by atoms with Gasteiger partial charge in [-0.05, 0) is 44.6 Å². The molecule has 118 valence electrons. The van der Waals surface area contributed by atoms with Crippen LogP contribution in [0.15, 0.2) is 18.2 Å². The Morgan fingerprint density at radius 3 is 2.29 bits per heavy atom. The minimum Gasteiger partial charge on any atom is -0.493 e. The fourth-order valence-electron chi connectivity index (χ4n) is 3.49. The highest BCUT2D eigenvalue weighted by molar-refractivity contribution is 5.46. The molecule has 0 bridgehead atoms. The van der Waals surface area contributed by atoms with Crippen LogP contribution in [0.5, 0.6) is 11.5 Å². The highest BCUT2D eigenvalue weighted by Crippen LogP contribution is 2.46. The Morgan fingerprint density at radius 1 is 1.14 bits per heavy atom. The lowest BCUT2D eigenvalue weighted by atomic mass is 9.74. The number of aliphatic hydroxyl groups excluding tert-OH is 1. The quantitative estimate of drug-likeness (QED) is 0.875. The molecule has 1 aromatic rings. The standard InChI is InChI=1S/C17H27NO3/c1-18(2)12-16(19)17(9-5-6-10-17)13-7-8-14(20-3)15(11-13)21-4/h7-8,11,16,19H,5-6,9-10,12H2,1-4H3/t16-/m1/s1. The van der Waals surface area contributed by atoms with Crippen LogP contribution < -0.4 is 9.47 Å². The molecule has 0 spiro atoms. The van der Waals surface area contributed by atoms with Gasteiger partial charge in [0, 0.05) is 12.0 Å². The topological polar surface area (TPSA) is 41.9 Å². The second kappa shape index (κ2) is 6.67. The number of rotatable bonds is 6. The molecule has 1 atom stereocenters. The number of nitrogens with zero attached hydrogens (tertiary/aromatic N) is 1. The number of likely N-dealkylation sites (N-methyl/N-ethyl adjacent to an activating group) is 1. The summed E-state index contributed by atoms with van der Waals surface area (Å²) in [5.41, 5.74) is 0.996. The summed E-state index contributed by atoms with van der Waals surface area (Å²) in [6, 6.07) is 6.05. The molecular weight excluding hydrogens is 266 g/mol. The number of hydrogen-bond donors (Lipinski definition) is 1. The van der Waals surface area contributed by atoms with E-state index < -0.39 is 0 Å². The van der Waals surface area contributed by atoms with Crippen molar-refractivity contribution in [1.82, 2.24) is 4.90 Å². The van der Waals surface area contributed by atoms with Crippen LogP contribution in [0.1, 0.15) is 31.2 Å². The third-order valence-electron chi connectivity index (χ3n) is 4.63. The maximum atomic E-state index is 10.8. The van der Waals surface area contributed by atoms with Crippen molar-refractivity contribution in [3.8, 4) is 11.5 Å². The molecule has 1 saturated carbocycles. The molecule has 1 aliphatic carbocycles. The first kappa shape index (κ1) is 16.1. The van der Waals surface area contributed by atoms with Crippen LogP contribution in [0.4, 0.5) is 0 Å². The zero-order valence-corrected chi connectivity index (χ0v) is 13.6. The predicted octanol–water partition coefficient (Wildman–Crippen LogP) is 2.44. The molecule has 0 aliphatic heterocycles. The molecule has 4 heteroatoms. The normalized spacial score (nSPS) is 18.8. The lowest BCUT2D eigenvalue weighted by Gasteiger charge is -2.36. The van der Waals surface area contributed by atoms with Gasteiger partial charge in [-0.1, -0.05) is 18.9 Å². The summed E-state index contributed by atoms with van der Waals surface area (Å²) in [6.07, 6.45) is 4.01. The SMILES string of the molecule is COc1ccc(C2([C@H](O)CN(C)C)CCCC2)cc1OC. The molecule has 0 unspecified atom stereocenters. The van der Waals surface area contributed by atoms with Crippen molar-refractivity contribution in [2.24, 2.45) is 0 Å². The van der Waals surface area contributed by atoms with E-state index in [4.69, 9.17) is 9.47 Å². The first-order chi connectivity index (χ1) is 10.0. The molecule has 4 nitrogen and oxygen atoms in total. The number of hydrogen-bond acceptors (Lipinski definition) is 4. The van der Waals surface area contributed by atoms with E-state index in [1.807, 2.05) is 31.1 Å². The molecule has 1 fully saturated rings. The van der Waals surface area contributed by atoms with Crippen molar-refractivity contribution in [3.63, 3.8) is 0 Å². The Morgan fingerprint density at radius 2 is 1.76 bits per heavy atom. The van der Waals surface area contributed by atoms with Gasteiger partial charge in [-0.15, -0.1) is 0 Å². The predicted molar refractivity (Wildman–Crippen MR) is 84.3 cm³/mol. The van der Waals surface area contributed by atoms with Gasteiger partial charge in [0.2, 0.25) is 0 Å². The summed E-state index contributed by atoms with van der Waals surface area (Å²) in [6.45, 7) is 0.675. The van der Waals surface area contributed by atoms with E-state index in [-0.39, 0.29) is 11.5 Å². The molecule has 0 amide bonds. The monoisotopic (exact) mass is 293 g/mol. The van der Waals surface area contributed by atoms with E-state index in [1.54, 1.807) is 14.2 Å². The van der Waals surface area contributed by atoms with Gasteiger partial charge in [0.25, 0.3) is 0 Å². The molecule has 0 saturated heterocycles. The smallest absolute Gasteiger partial charge is 0.161 e. The zero-order chi connectivity index (χ0) is 15.5. The van der Waals surface area contributed by atoms with Crippen LogP contribution in [0.2, 0.25) is 0 Å². The van der Waals surface area contributed by atoms with E-state index >= 15 is 0 Å². The summed E-state index contributed by atoms with van der Waals surface area (Å²) in [7, 11) is 7.30. The average Bonchev–Trinajstić information content (AvgIpc) is 2.96. The summed E-state index contributed by atoms with van der Waals surface area (Å²) in [4.78, 5) is 2.05. The average molecular weight is 293 g/mol. The van der Waals surface area contributed by atoms with Crippen molar-refractivity contribution in [2.75, 3.05) is 34.9 Å². The molecule has 0 radical (unpaired) electrons. The van der Waals surface area contributed by atoms with Crippen LogP contribution in [0.25, 0.3) is 0 Å². The van der Waals surface area contributed by atoms with Gasteiger partial charge < -0.3 is 19.5 Å². The van der Waals surface area contributed by atoms with Gasteiger partial charge in [-0.25, -0.2) is 0 Å². The van der Waals surface area contributed by atoms with Crippen molar-refractivity contribution >= 4 is 0 Å². The van der Waals surface area contributed by atoms with Crippen molar-refractivity contribution in [1.29, 1.82) is 0 Å². The third-order valence-corrected chi connectivity index (χ3v) is 4.63. The van der Waals surface area contributed by atoms with E-state index in [1.165, 1.54) is 12.8 Å². The first-order valence-electron chi connectivity index (χ1n) is 7.59. The van der Waals surface area contributed by atoms with Gasteiger partial charge >= 0.3 is 0 Å². The van der Waals surface area contributed by atoms with Crippen LogP contribution in [-0.4, -0.2) is 51.0 Å². The maximum Gasteiger partial charge on any atom is 0.161 e. The van der Waals surface area contributed by atoms with Crippen LogP contribution in [0, 0.1) is 0 Å². The maximum absolute atomic E-state index is 10.8. The van der Waals surface area contributed by atoms with Crippen molar-refractivity contribution in [2.45, 2.75) is 37.2 Å². The van der Waals surface area contributed by atoms with E-state index in [0.29, 0.717) is 6.54 Å². The molecule has 0 aromatic heterocycles. The minimum absolute atomic E-state index is 0.163. The van der Waals surface area contributed by atoms with Gasteiger partial charge in [0.05, 0.1) is 20.3 Å². The second-order valence-electron chi connectivity index (χ2n) is 6.21. The van der Waals surface area contributed by atoms with Crippen LogP contribution >= 0.6 is 0 Å². The minimum atomic E-state index is -0.367. The summed E-state index contributed by atoms with van der Waals surface area (Å²) < 4.78 is 10.7. The molecule has 2 rings (SSSR count). The van der Waals surface area contributed by atoms with E-state index in [9.17, 15) is 5.11 Å². The molecule has 1 aromatic carbocycles. The number of benzene rings is 1. The Kier molecular flexibility index (Phi) is 5.12. The highest BCUT2D eigenvalue weighted by Gasteiger charge is 2.42. The van der Waals surface area contributed by atoms with Gasteiger partial charge in [-0.3, -0.25) is 0 Å². The highest BCUT2D eigenvalue weighted by atomic mass is 16.5. The molecular formula is C17H27NO3. The van der Waals surface area contributed by atoms with Crippen molar-refractivity contribution < 1.29 is 14.6 Å². The third kappa shape index (κ3) is 3.16. The molecule has 0 heterocycles. The fraction of sp³-hybridized carbons (Fsp3) is 0.647. The Hall–Kier alpha value is -1.26. The summed E-state index contributed by atoms with van der Waals surface area (Å²) in [5, 5.41) is 10.8. The second-order valence-corrected chi connectivity index (χ2v) is 6.21. The molecule has 1 aliphatic rings. The van der Waals surface area contributed by atoms with E-state index in [0.717, 1.165) is 29.9 Å². The van der Waals surface area contributed by atoms with E-state index in [2.05, 4.69) is 6.07 Å². The number of ether oxygens (including phenoxy) is 2.